The van der Waals surface area contributed by atoms with Gasteiger partial charge in [0.1, 0.15) is 10.7 Å². The summed E-state index contributed by atoms with van der Waals surface area (Å²) in [4.78, 5) is 31.9. The van der Waals surface area contributed by atoms with Gasteiger partial charge in [0.15, 0.2) is 5.82 Å². The number of piperazine rings is 1. The van der Waals surface area contributed by atoms with Gasteiger partial charge >= 0.3 is 0 Å². The number of rotatable bonds is 4. The van der Waals surface area contributed by atoms with Crippen LogP contribution in [0.15, 0.2) is 9.32 Å². The molecule has 4 heterocycles. The van der Waals surface area contributed by atoms with E-state index in [0.717, 1.165) is 55.1 Å². The summed E-state index contributed by atoms with van der Waals surface area (Å²) in [6, 6.07) is 0.116. The summed E-state index contributed by atoms with van der Waals surface area (Å²) in [5, 5.41) is 4.73. The number of nitrogens with zero attached hydrogens (tertiary/aromatic N) is 5. The molecule has 0 amide bonds. The van der Waals surface area contributed by atoms with Crippen LogP contribution in [0.3, 0.4) is 0 Å². The van der Waals surface area contributed by atoms with Crippen LogP contribution in [-0.4, -0.2) is 56.1 Å². The van der Waals surface area contributed by atoms with Crippen molar-refractivity contribution in [1.29, 1.82) is 0 Å². The SMILES string of the molecule is Cc1noc([C@@H](C)N2CCN(Cc3nc4sc5c(c4c(=O)[nH]3)CCCC5)CC2)n1. The molecule has 1 aliphatic carbocycles. The highest BCUT2D eigenvalue weighted by atomic mass is 32.1. The first kappa shape index (κ1) is 18.9. The minimum Gasteiger partial charge on any atom is -0.338 e. The highest BCUT2D eigenvalue weighted by molar-refractivity contribution is 7.18. The molecule has 0 aromatic carbocycles. The Balaban J connectivity index is 1.27. The fourth-order valence-electron chi connectivity index (χ4n) is 4.44. The summed E-state index contributed by atoms with van der Waals surface area (Å²) >= 11 is 1.71. The molecule has 1 saturated heterocycles. The first-order chi connectivity index (χ1) is 14.1. The molecule has 3 aromatic heterocycles. The Morgan fingerprint density at radius 1 is 1.17 bits per heavy atom. The Bertz CT molecular complexity index is 1080. The molecule has 2 aliphatic rings. The molecule has 0 bridgehead atoms. The van der Waals surface area contributed by atoms with Gasteiger partial charge in [0.2, 0.25) is 5.89 Å². The molecule has 29 heavy (non-hydrogen) atoms. The summed E-state index contributed by atoms with van der Waals surface area (Å²) in [7, 11) is 0. The van der Waals surface area contributed by atoms with Gasteiger partial charge in [0.05, 0.1) is 18.0 Å². The number of nitrogens with one attached hydrogen (secondary N) is 1. The third-order valence-corrected chi connectivity index (χ3v) is 7.29. The van der Waals surface area contributed by atoms with Crippen LogP contribution in [0.1, 0.15) is 53.8 Å². The maximum absolute atomic E-state index is 12.7. The van der Waals surface area contributed by atoms with Crippen molar-refractivity contribution in [1.82, 2.24) is 29.9 Å². The highest BCUT2D eigenvalue weighted by Crippen LogP contribution is 2.33. The zero-order valence-electron chi connectivity index (χ0n) is 16.9. The third kappa shape index (κ3) is 3.62. The first-order valence-electron chi connectivity index (χ1n) is 10.4. The van der Waals surface area contributed by atoms with Crippen LogP contribution in [0.2, 0.25) is 0 Å². The molecule has 0 radical (unpaired) electrons. The van der Waals surface area contributed by atoms with E-state index >= 15 is 0 Å². The van der Waals surface area contributed by atoms with Crippen molar-refractivity contribution in [2.24, 2.45) is 0 Å². The molecular weight excluding hydrogens is 388 g/mol. The van der Waals surface area contributed by atoms with E-state index in [1.54, 1.807) is 11.3 Å². The lowest BCUT2D eigenvalue weighted by Gasteiger charge is -2.36. The van der Waals surface area contributed by atoms with Gasteiger partial charge in [-0.05, 0) is 45.1 Å². The predicted molar refractivity (Wildman–Crippen MR) is 111 cm³/mol. The minimum atomic E-state index is 0.0309. The second-order valence-corrected chi connectivity index (χ2v) is 9.16. The fourth-order valence-corrected chi connectivity index (χ4v) is 5.72. The van der Waals surface area contributed by atoms with Gasteiger partial charge in [-0.25, -0.2) is 4.98 Å². The van der Waals surface area contributed by atoms with Gasteiger partial charge in [-0.2, -0.15) is 4.98 Å². The molecule has 1 fully saturated rings. The summed E-state index contributed by atoms with van der Waals surface area (Å²) in [6.07, 6.45) is 4.49. The largest absolute Gasteiger partial charge is 0.338 e. The summed E-state index contributed by atoms with van der Waals surface area (Å²) in [5.41, 5.74) is 1.28. The first-order valence-corrected chi connectivity index (χ1v) is 11.2. The molecule has 1 aliphatic heterocycles. The van der Waals surface area contributed by atoms with E-state index in [1.165, 1.54) is 23.3 Å². The van der Waals surface area contributed by atoms with Crippen LogP contribution in [0.4, 0.5) is 0 Å². The molecule has 1 N–H and O–H groups in total. The average Bonchev–Trinajstić information content (AvgIpc) is 3.31. The normalized spacial score (nSPS) is 19.5. The minimum absolute atomic E-state index is 0.0309. The average molecular weight is 415 g/mol. The standard InChI is InChI=1S/C20H26N6O2S/c1-12(19-21-13(2)24-28-19)26-9-7-25(8-10-26)11-16-22-18(27)17-14-5-3-4-6-15(14)29-20(17)23-16/h12H,3-11H2,1-2H3,(H,22,23,27)/t12-/m1/s1. The van der Waals surface area contributed by atoms with E-state index in [9.17, 15) is 4.79 Å². The van der Waals surface area contributed by atoms with Crippen LogP contribution in [0, 0.1) is 6.92 Å². The smallest absolute Gasteiger partial charge is 0.259 e. The van der Waals surface area contributed by atoms with Crippen molar-refractivity contribution in [2.45, 2.75) is 52.1 Å². The van der Waals surface area contributed by atoms with Crippen LogP contribution in [-0.2, 0) is 19.4 Å². The Morgan fingerprint density at radius 2 is 1.97 bits per heavy atom. The number of aryl methyl sites for hydroxylation is 3. The molecule has 1 atom stereocenters. The lowest BCUT2D eigenvalue weighted by Crippen LogP contribution is -2.47. The van der Waals surface area contributed by atoms with Crippen LogP contribution >= 0.6 is 11.3 Å². The molecular formula is C20H26N6O2S. The van der Waals surface area contributed by atoms with E-state index in [1.807, 2.05) is 6.92 Å². The summed E-state index contributed by atoms with van der Waals surface area (Å²) < 4.78 is 5.33. The number of hydrogen-bond acceptors (Lipinski definition) is 8. The van der Waals surface area contributed by atoms with Crippen LogP contribution in [0.5, 0.6) is 0 Å². The van der Waals surface area contributed by atoms with Crippen molar-refractivity contribution >= 4 is 21.6 Å². The topological polar surface area (TPSA) is 91.2 Å². The molecule has 154 valence electrons. The maximum atomic E-state index is 12.7. The maximum Gasteiger partial charge on any atom is 0.259 e. The molecule has 3 aromatic rings. The summed E-state index contributed by atoms with van der Waals surface area (Å²) in [5.74, 6) is 2.12. The lowest BCUT2D eigenvalue weighted by atomic mass is 9.97. The van der Waals surface area contributed by atoms with Gasteiger partial charge in [0.25, 0.3) is 5.56 Å². The van der Waals surface area contributed by atoms with Gasteiger partial charge < -0.3 is 9.51 Å². The molecule has 0 spiro atoms. The molecule has 0 unspecified atom stereocenters. The van der Waals surface area contributed by atoms with Crippen molar-refractivity contribution in [3.63, 3.8) is 0 Å². The van der Waals surface area contributed by atoms with E-state index in [0.29, 0.717) is 18.3 Å². The fraction of sp³-hybridized carbons (Fsp3) is 0.600. The number of aromatic nitrogens is 4. The van der Waals surface area contributed by atoms with Gasteiger partial charge in [0, 0.05) is 31.1 Å². The number of thiophene rings is 1. The van der Waals surface area contributed by atoms with Crippen molar-refractivity contribution in [2.75, 3.05) is 26.2 Å². The molecule has 0 saturated carbocycles. The molecule has 9 heteroatoms. The second-order valence-electron chi connectivity index (χ2n) is 8.07. The second kappa shape index (κ2) is 7.62. The quantitative estimate of drug-likeness (QED) is 0.701. The van der Waals surface area contributed by atoms with Crippen molar-refractivity contribution in [3.8, 4) is 0 Å². The van der Waals surface area contributed by atoms with E-state index in [-0.39, 0.29) is 11.6 Å². The highest BCUT2D eigenvalue weighted by Gasteiger charge is 2.26. The predicted octanol–water partition coefficient (Wildman–Crippen LogP) is 2.43. The van der Waals surface area contributed by atoms with Crippen molar-refractivity contribution < 1.29 is 4.52 Å². The zero-order valence-corrected chi connectivity index (χ0v) is 17.7. The lowest BCUT2D eigenvalue weighted by molar-refractivity contribution is 0.0831. The van der Waals surface area contributed by atoms with Crippen molar-refractivity contribution in [3.05, 3.63) is 38.3 Å². The number of H-pyrrole nitrogens is 1. The molecule has 5 rings (SSSR count). The Morgan fingerprint density at radius 3 is 2.72 bits per heavy atom. The molecule has 8 nitrogen and oxygen atoms in total. The monoisotopic (exact) mass is 414 g/mol. The Kier molecular flexibility index (Phi) is 4.97. The Hall–Kier alpha value is -2.10. The van der Waals surface area contributed by atoms with Crippen LogP contribution in [0.25, 0.3) is 10.2 Å². The van der Waals surface area contributed by atoms with E-state index < -0.39 is 0 Å². The van der Waals surface area contributed by atoms with E-state index in [2.05, 4.69) is 31.8 Å². The number of fused-ring (bicyclic) bond motifs is 3. The number of hydrogen-bond donors (Lipinski definition) is 1. The zero-order chi connectivity index (χ0) is 20.0. The van der Waals surface area contributed by atoms with Crippen LogP contribution < -0.4 is 5.56 Å². The number of aromatic amines is 1. The summed E-state index contributed by atoms with van der Waals surface area (Å²) in [6.45, 7) is 8.29. The Labute approximate surface area is 172 Å². The van der Waals surface area contributed by atoms with Gasteiger partial charge in [-0.3, -0.25) is 14.6 Å². The van der Waals surface area contributed by atoms with E-state index in [4.69, 9.17) is 9.51 Å². The van der Waals surface area contributed by atoms with Gasteiger partial charge in [-0.15, -0.1) is 11.3 Å². The van der Waals surface area contributed by atoms with Gasteiger partial charge in [-0.1, -0.05) is 5.16 Å². The third-order valence-electron chi connectivity index (χ3n) is 6.10.